The van der Waals surface area contributed by atoms with Crippen LogP contribution in [0.2, 0.25) is 5.15 Å². The van der Waals surface area contributed by atoms with Gasteiger partial charge in [0.25, 0.3) is 0 Å². The quantitative estimate of drug-likeness (QED) is 0.802. The number of hydrogen-bond acceptors (Lipinski definition) is 3. The van der Waals surface area contributed by atoms with Crippen molar-refractivity contribution in [1.82, 2.24) is 9.71 Å². The summed E-state index contributed by atoms with van der Waals surface area (Å²) >= 11 is 5.66. The zero-order valence-electron chi connectivity index (χ0n) is 7.70. The molecule has 1 aromatic heterocycles. The molecule has 0 saturated heterocycles. The molecule has 14 heavy (non-hydrogen) atoms. The smallest absolute Gasteiger partial charge is 0.243 e. The van der Waals surface area contributed by atoms with E-state index in [1.807, 2.05) is 6.92 Å². The monoisotopic (exact) mass is 234 g/mol. The van der Waals surface area contributed by atoms with Crippen LogP contribution in [0, 0.1) is 0 Å². The van der Waals surface area contributed by atoms with Crippen molar-refractivity contribution < 1.29 is 8.42 Å². The summed E-state index contributed by atoms with van der Waals surface area (Å²) in [6.45, 7) is 2.28. The van der Waals surface area contributed by atoms with Gasteiger partial charge in [0.2, 0.25) is 10.0 Å². The number of nitrogens with zero attached hydrogens (tertiary/aromatic N) is 1. The third kappa shape index (κ3) is 2.67. The molecule has 0 unspecified atom stereocenters. The number of hydrogen-bond donors (Lipinski definition) is 1. The summed E-state index contributed by atoms with van der Waals surface area (Å²) < 4.78 is 25.6. The maximum atomic E-state index is 11.6. The van der Waals surface area contributed by atoms with E-state index in [1.165, 1.54) is 18.3 Å². The molecule has 6 heteroatoms. The minimum atomic E-state index is -3.50. The fraction of sp³-hybridized carbons (Fsp3) is 0.375. The molecule has 0 amide bonds. The highest BCUT2D eigenvalue weighted by Gasteiger charge is 2.16. The molecule has 1 heterocycles. The molecular weight excluding hydrogens is 224 g/mol. The topological polar surface area (TPSA) is 59.1 Å². The first-order chi connectivity index (χ1) is 6.58. The predicted molar refractivity (Wildman–Crippen MR) is 54.7 cm³/mol. The summed E-state index contributed by atoms with van der Waals surface area (Å²) in [5.41, 5.74) is 0. The third-order valence-electron chi connectivity index (χ3n) is 1.56. The molecule has 0 aromatic carbocycles. The lowest BCUT2D eigenvalue weighted by molar-refractivity contribution is 0.580. The molecule has 1 rings (SSSR count). The number of halogens is 1. The Morgan fingerprint density at radius 2 is 2.29 bits per heavy atom. The Balaban J connectivity index is 2.99. The maximum Gasteiger partial charge on any atom is 0.243 e. The average molecular weight is 235 g/mol. The van der Waals surface area contributed by atoms with Crippen molar-refractivity contribution in [3.63, 3.8) is 0 Å². The summed E-state index contributed by atoms with van der Waals surface area (Å²) in [5.74, 6) is 0. The first kappa shape index (κ1) is 11.4. The van der Waals surface area contributed by atoms with Crippen LogP contribution in [0.3, 0.4) is 0 Å². The summed E-state index contributed by atoms with van der Waals surface area (Å²) in [6, 6.07) is 2.96. The largest absolute Gasteiger partial charge is 0.243 e. The third-order valence-corrected chi connectivity index (χ3v) is 3.46. The summed E-state index contributed by atoms with van der Waals surface area (Å²) in [4.78, 5) is 3.72. The van der Waals surface area contributed by atoms with Gasteiger partial charge in [0.15, 0.2) is 0 Å². The number of sulfonamides is 1. The van der Waals surface area contributed by atoms with Gasteiger partial charge in [0.05, 0.1) is 0 Å². The molecule has 0 spiro atoms. The van der Waals surface area contributed by atoms with Gasteiger partial charge in [-0.25, -0.2) is 18.1 Å². The van der Waals surface area contributed by atoms with Crippen LogP contribution in [0.15, 0.2) is 23.2 Å². The summed E-state index contributed by atoms with van der Waals surface area (Å²) in [7, 11) is -3.50. The van der Waals surface area contributed by atoms with Gasteiger partial charge in [-0.3, -0.25) is 0 Å². The van der Waals surface area contributed by atoms with Gasteiger partial charge in [-0.2, -0.15) is 0 Å². The van der Waals surface area contributed by atoms with E-state index in [2.05, 4.69) is 9.71 Å². The fourth-order valence-corrected chi connectivity index (χ4v) is 2.47. The molecular formula is C8H11ClN2O2S. The van der Waals surface area contributed by atoms with Gasteiger partial charge in [-0.1, -0.05) is 18.5 Å². The Bertz CT molecular complexity index is 406. The highest BCUT2D eigenvalue weighted by atomic mass is 35.5. The Labute approximate surface area is 88.4 Å². The number of aromatic nitrogens is 1. The lowest BCUT2D eigenvalue weighted by Crippen LogP contribution is -2.24. The Hall–Kier alpha value is -0.650. The minimum Gasteiger partial charge on any atom is -0.243 e. The molecule has 0 aliphatic rings. The Kier molecular flexibility index (Phi) is 3.86. The van der Waals surface area contributed by atoms with E-state index in [0.29, 0.717) is 6.54 Å². The highest BCUT2D eigenvalue weighted by Crippen LogP contribution is 2.17. The highest BCUT2D eigenvalue weighted by molar-refractivity contribution is 7.89. The Morgan fingerprint density at radius 3 is 2.86 bits per heavy atom. The van der Waals surface area contributed by atoms with E-state index in [9.17, 15) is 8.42 Å². The zero-order valence-corrected chi connectivity index (χ0v) is 9.27. The molecule has 0 atom stereocenters. The van der Waals surface area contributed by atoms with Crippen LogP contribution in [0.25, 0.3) is 0 Å². The van der Waals surface area contributed by atoms with Crippen molar-refractivity contribution in [2.45, 2.75) is 18.2 Å². The van der Waals surface area contributed by atoms with E-state index in [4.69, 9.17) is 11.6 Å². The van der Waals surface area contributed by atoms with Crippen LogP contribution < -0.4 is 4.72 Å². The Morgan fingerprint density at radius 1 is 1.57 bits per heavy atom. The number of rotatable bonds is 4. The molecule has 0 saturated carbocycles. The molecule has 0 fully saturated rings. The number of nitrogens with one attached hydrogen (secondary N) is 1. The molecule has 0 radical (unpaired) electrons. The van der Waals surface area contributed by atoms with Crippen molar-refractivity contribution in [3.8, 4) is 0 Å². The second kappa shape index (κ2) is 4.72. The van der Waals surface area contributed by atoms with Crippen LogP contribution in [-0.4, -0.2) is 19.9 Å². The van der Waals surface area contributed by atoms with Crippen molar-refractivity contribution in [2.75, 3.05) is 6.54 Å². The maximum absolute atomic E-state index is 11.6. The minimum absolute atomic E-state index is 0.00361. The normalized spacial score (nSPS) is 11.6. The summed E-state index contributed by atoms with van der Waals surface area (Å²) in [5, 5.41) is -0.00361. The van der Waals surface area contributed by atoms with Gasteiger partial charge >= 0.3 is 0 Å². The molecule has 4 nitrogen and oxygen atoms in total. The second-order valence-electron chi connectivity index (χ2n) is 2.69. The molecule has 1 aromatic rings. The standard InChI is InChI=1S/C8H11ClN2O2S/c1-2-5-11-14(12,13)7-4-3-6-10-8(7)9/h3-4,6,11H,2,5H2,1H3. The lowest BCUT2D eigenvalue weighted by Gasteiger charge is -2.05. The van der Waals surface area contributed by atoms with Crippen LogP contribution in [-0.2, 0) is 10.0 Å². The van der Waals surface area contributed by atoms with E-state index in [-0.39, 0.29) is 10.0 Å². The van der Waals surface area contributed by atoms with Crippen LogP contribution in [0.5, 0.6) is 0 Å². The van der Waals surface area contributed by atoms with E-state index >= 15 is 0 Å². The van der Waals surface area contributed by atoms with Gasteiger partial charge < -0.3 is 0 Å². The first-order valence-corrected chi connectivity index (χ1v) is 6.04. The second-order valence-corrected chi connectivity index (χ2v) is 4.78. The van der Waals surface area contributed by atoms with Gasteiger partial charge in [0, 0.05) is 12.7 Å². The van der Waals surface area contributed by atoms with E-state index < -0.39 is 10.0 Å². The van der Waals surface area contributed by atoms with Crippen molar-refractivity contribution in [1.29, 1.82) is 0 Å². The van der Waals surface area contributed by atoms with Gasteiger partial charge in [-0.15, -0.1) is 0 Å². The van der Waals surface area contributed by atoms with Crippen molar-refractivity contribution >= 4 is 21.6 Å². The summed E-state index contributed by atoms with van der Waals surface area (Å²) in [6.07, 6.45) is 2.18. The van der Waals surface area contributed by atoms with Gasteiger partial charge in [-0.05, 0) is 18.6 Å². The molecule has 0 aliphatic heterocycles. The van der Waals surface area contributed by atoms with Gasteiger partial charge in [0.1, 0.15) is 10.0 Å². The van der Waals surface area contributed by atoms with E-state index in [0.717, 1.165) is 6.42 Å². The fourth-order valence-electron chi connectivity index (χ4n) is 0.886. The molecule has 0 bridgehead atoms. The molecule has 0 aliphatic carbocycles. The van der Waals surface area contributed by atoms with Crippen molar-refractivity contribution in [2.24, 2.45) is 0 Å². The molecule has 78 valence electrons. The van der Waals surface area contributed by atoms with Crippen LogP contribution in [0.4, 0.5) is 0 Å². The average Bonchev–Trinajstić information content (AvgIpc) is 2.15. The molecule has 1 N–H and O–H groups in total. The van der Waals surface area contributed by atoms with E-state index in [1.54, 1.807) is 0 Å². The first-order valence-electron chi connectivity index (χ1n) is 4.18. The van der Waals surface area contributed by atoms with Crippen molar-refractivity contribution in [3.05, 3.63) is 23.5 Å². The SMILES string of the molecule is CCCNS(=O)(=O)c1cccnc1Cl. The van der Waals surface area contributed by atoms with Crippen LogP contribution >= 0.6 is 11.6 Å². The lowest BCUT2D eigenvalue weighted by atomic mass is 10.5. The predicted octanol–water partition coefficient (Wildman–Crippen LogP) is 1.42. The van der Waals surface area contributed by atoms with Crippen LogP contribution in [0.1, 0.15) is 13.3 Å². The number of pyridine rings is 1. The zero-order chi connectivity index (χ0) is 10.6.